The molecule has 112 valence electrons. The molecule has 0 saturated carbocycles. The molecule has 1 aromatic heterocycles. The van der Waals surface area contributed by atoms with Crippen molar-refractivity contribution in [3.63, 3.8) is 0 Å². The third kappa shape index (κ3) is 2.87. The van der Waals surface area contributed by atoms with Gasteiger partial charge in [0.25, 0.3) is 0 Å². The molecule has 2 rings (SSSR count). The zero-order valence-corrected chi connectivity index (χ0v) is 12.7. The van der Waals surface area contributed by atoms with Crippen LogP contribution in [0, 0.1) is 6.92 Å². The van der Waals surface area contributed by atoms with Gasteiger partial charge in [0.05, 0.1) is 0 Å². The third-order valence-corrected chi connectivity index (χ3v) is 5.21. The Kier molecular flexibility index (Phi) is 3.71. The Hall–Kier alpha value is -2.02. The van der Waals surface area contributed by atoms with Gasteiger partial charge in [-0.25, -0.2) is 0 Å². The van der Waals surface area contributed by atoms with Crippen LogP contribution < -0.4 is 15.7 Å². The van der Waals surface area contributed by atoms with Crippen LogP contribution in [-0.2, 0) is 15.0 Å². The second kappa shape index (κ2) is 5.07. The van der Waals surface area contributed by atoms with E-state index in [0.29, 0.717) is 5.56 Å². The number of nitrogen functional groups attached to an aromatic ring is 1. The Labute approximate surface area is 120 Å². The standard InChI is InChI=1S/C12H12AsNO7/c1-5-6-2-8(13(18,19)20)9(14)4-10(6)21-12(17)7(5)3-11(15)16/h2,4H,3,14H2,1H3,(H,15,16)(H2,18,19,20). The number of carboxylic acid groups (broad SMARTS) is 1. The number of hydrogen-bond donors (Lipinski definition) is 4. The first-order valence-corrected chi connectivity index (χ1v) is 9.13. The first-order chi connectivity index (χ1) is 9.61. The van der Waals surface area contributed by atoms with Crippen LogP contribution in [0.3, 0.4) is 0 Å². The van der Waals surface area contributed by atoms with E-state index in [2.05, 4.69) is 0 Å². The van der Waals surface area contributed by atoms with Gasteiger partial charge in [-0.15, -0.1) is 0 Å². The zero-order chi connectivity index (χ0) is 15.9. The molecule has 9 heteroatoms. The van der Waals surface area contributed by atoms with Crippen molar-refractivity contribution >= 4 is 41.1 Å². The van der Waals surface area contributed by atoms with Crippen molar-refractivity contribution in [3.8, 4) is 0 Å². The number of carboxylic acids is 1. The molecule has 0 spiro atoms. The molecule has 1 aromatic carbocycles. The molecule has 0 aliphatic rings. The Morgan fingerprint density at radius 3 is 2.52 bits per heavy atom. The van der Waals surface area contributed by atoms with E-state index in [1.165, 1.54) is 6.92 Å². The number of carbonyl (C=O) groups is 1. The predicted molar refractivity (Wildman–Crippen MR) is 73.5 cm³/mol. The SMILES string of the molecule is Cc1c(CC(=O)O)c(=O)oc2cc(N)c([As](=O)(O)O)cc12. The Balaban J connectivity index is 2.85. The van der Waals surface area contributed by atoms with E-state index in [1.807, 2.05) is 0 Å². The molecule has 0 saturated heterocycles. The van der Waals surface area contributed by atoms with Gasteiger partial charge in [0.15, 0.2) is 0 Å². The van der Waals surface area contributed by atoms with Gasteiger partial charge in [-0.1, -0.05) is 0 Å². The Morgan fingerprint density at radius 2 is 2.00 bits per heavy atom. The molecular formula is C12H12AsNO7. The Morgan fingerprint density at radius 1 is 1.38 bits per heavy atom. The molecule has 0 bridgehead atoms. The number of rotatable bonds is 3. The molecule has 0 aliphatic carbocycles. The van der Waals surface area contributed by atoms with E-state index in [4.69, 9.17) is 15.3 Å². The minimum atomic E-state index is -5.24. The van der Waals surface area contributed by atoms with Crippen molar-refractivity contribution in [3.05, 3.63) is 33.7 Å². The first-order valence-electron chi connectivity index (χ1n) is 5.75. The summed E-state index contributed by atoms with van der Waals surface area (Å²) in [5, 5.41) is 9.04. The topological polar surface area (TPSA) is 151 Å². The number of aryl methyl sites for hydroxylation is 1. The summed E-state index contributed by atoms with van der Waals surface area (Å²) in [6.07, 6.45) is -0.537. The summed E-state index contributed by atoms with van der Waals surface area (Å²) in [6.45, 7) is 1.49. The molecule has 0 fully saturated rings. The first kappa shape index (κ1) is 15.4. The fourth-order valence-electron chi connectivity index (χ4n) is 2.05. The molecule has 8 nitrogen and oxygen atoms in total. The van der Waals surface area contributed by atoms with Crippen molar-refractivity contribution in [1.29, 1.82) is 0 Å². The van der Waals surface area contributed by atoms with E-state index in [-0.39, 0.29) is 26.6 Å². The normalized spacial score (nSPS) is 11.8. The molecule has 0 amide bonds. The molecule has 5 N–H and O–H groups in total. The number of fused-ring (bicyclic) bond motifs is 1. The molecule has 0 unspecified atom stereocenters. The van der Waals surface area contributed by atoms with E-state index in [0.717, 1.165) is 12.1 Å². The van der Waals surface area contributed by atoms with Gasteiger partial charge in [-0.05, 0) is 0 Å². The van der Waals surface area contributed by atoms with E-state index in [1.54, 1.807) is 0 Å². The van der Waals surface area contributed by atoms with E-state index >= 15 is 0 Å². The fraction of sp³-hybridized carbons (Fsp3) is 0.167. The molecule has 21 heavy (non-hydrogen) atoms. The summed E-state index contributed by atoms with van der Waals surface area (Å²) in [7, 11) is 0. The van der Waals surface area contributed by atoms with Crippen LogP contribution in [0.4, 0.5) is 5.69 Å². The number of benzene rings is 1. The molecule has 0 atom stereocenters. The number of aliphatic carboxylic acids is 1. The van der Waals surface area contributed by atoms with Crippen LogP contribution >= 0.6 is 0 Å². The van der Waals surface area contributed by atoms with Crippen molar-refractivity contribution in [2.24, 2.45) is 0 Å². The van der Waals surface area contributed by atoms with Crippen molar-refractivity contribution in [2.75, 3.05) is 5.73 Å². The summed E-state index contributed by atoms with van der Waals surface area (Å²) in [6, 6.07) is 2.30. The average molecular weight is 357 g/mol. The van der Waals surface area contributed by atoms with Gasteiger partial charge in [0, 0.05) is 0 Å². The molecule has 0 aliphatic heterocycles. The molecular weight excluding hydrogens is 345 g/mol. The second-order valence-electron chi connectivity index (χ2n) is 4.51. The summed E-state index contributed by atoms with van der Waals surface area (Å²) < 4.78 is 34.7. The summed E-state index contributed by atoms with van der Waals surface area (Å²) in [4.78, 5) is 22.5. The van der Waals surface area contributed by atoms with Crippen LogP contribution in [0.25, 0.3) is 11.0 Å². The number of nitrogens with two attached hydrogens (primary N) is 1. The Bertz CT molecular complexity index is 849. The number of hydrogen-bond acceptors (Lipinski definition) is 5. The molecule has 1 heterocycles. The van der Waals surface area contributed by atoms with Crippen LogP contribution in [0.2, 0.25) is 0 Å². The monoisotopic (exact) mass is 357 g/mol. The number of anilines is 1. The van der Waals surface area contributed by atoms with Crippen LogP contribution in [-0.4, -0.2) is 33.4 Å². The summed E-state index contributed by atoms with van der Waals surface area (Å²) in [5.74, 6) is -1.21. The van der Waals surface area contributed by atoms with Gasteiger partial charge >= 0.3 is 120 Å². The van der Waals surface area contributed by atoms with Crippen molar-refractivity contribution in [2.45, 2.75) is 13.3 Å². The minimum absolute atomic E-state index is 0.0526. The van der Waals surface area contributed by atoms with Gasteiger partial charge < -0.3 is 0 Å². The van der Waals surface area contributed by atoms with Crippen LogP contribution in [0.5, 0.6) is 0 Å². The van der Waals surface area contributed by atoms with Gasteiger partial charge in [0.1, 0.15) is 0 Å². The summed E-state index contributed by atoms with van der Waals surface area (Å²) >= 11 is -5.24. The van der Waals surface area contributed by atoms with Gasteiger partial charge in [0.2, 0.25) is 0 Å². The third-order valence-electron chi connectivity index (χ3n) is 3.08. The maximum atomic E-state index is 11.8. The van der Waals surface area contributed by atoms with Crippen LogP contribution in [0.1, 0.15) is 11.1 Å². The van der Waals surface area contributed by atoms with Crippen molar-refractivity contribution < 1.29 is 26.2 Å². The van der Waals surface area contributed by atoms with E-state index < -0.39 is 32.2 Å². The molecule has 0 radical (unpaired) electrons. The maximum absolute atomic E-state index is 11.8. The summed E-state index contributed by atoms with van der Waals surface area (Å²) in [5.41, 5.74) is 4.86. The molecule has 2 aromatic rings. The quantitative estimate of drug-likeness (QED) is 0.306. The van der Waals surface area contributed by atoms with Gasteiger partial charge in [-0.3, -0.25) is 0 Å². The van der Waals surface area contributed by atoms with Crippen molar-refractivity contribution in [1.82, 2.24) is 0 Å². The average Bonchev–Trinajstić information content (AvgIpc) is 2.32. The van der Waals surface area contributed by atoms with Crippen LogP contribution in [0.15, 0.2) is 21.3 Å². The predicted octanol–water partition coefficient (Wildman–Crippen LogP) is -1.13. The zero-order valence-electron chi connectivity index (χ0n) is 10.9. The van der Waals surface area contributed by atoms with Gasteiger partial charge in [-0.2, -0.15) is 0 Å². The fourth-order valence-corrected chi connectivity index (χ4v) is 3.51. The van der Waals surface area contributed by atoms with E-state index in [9.17, 15) is 21.5 Å². The second-order valence-corrected chi connectivity index (χ2v) is 7.81.